The van der Waals surface area contributed by atoms with Gasteiger partial charge < -0.3 is 9.84 Å². The average Bonchev–Trinajstić information content (AvgIpc) is 2.44. The Morgan fingerprint density at radius 2 is 2.14 bits per heavy atom. The monoisotopic (exact) mass is 198 g/mol. The van der Waals surface area contributed by atoms with Crippen LogP contribution in [0.3, 0.4) is 0 Å². The minimum Gasteiger partial charge on any atom is -0.466 e. The van der Waals surface area contributed by atoms with Gasteiger partial charge >= 0.3 is 5.97 Å². The molecule has 1 heterocycles. The highest BCUT2D eigenvalue weighted by Gasteiger charge is 2.09. The van der Waals surface area contributed by atoms with Crippen molar-refractivity contribution in [2.45, 2.75) is 26.7 Å². The van der Waals surface area contributed by atoms with Gasteiger partial charge in [-0.25, -0.2) is 0 Å². The molecule has 5 nitrogen and oxygen atoms in total. The lowest BCUT2D eigenvalue weighted by molar-refractivity contribution is -0.143. The predicted molar refractivity (Wildman–Crippen MR) is 51.1 cm³/mol. The van der Waals surface area contributed by atoms with E-state index in [2.05, 4.69) is 10.2 Å². The molecule has 1 aromatic heterocycles. The first-order valence-corrected chi connectivity index (χ1v) is 4.57. The zero-order chi connectivity index (χ0) is 10.6. The van der Waals surface area contributed by atoms with E-state index >= 15 is 0 Å². The summed E-state index contributed by atoms with van der Waals surface area (Å²) in [7, 11) is 0. The number of ether oxygens (including phenoxy) is 1. The van der Waals surface area contributed by atoms with Crippen molar-refractivity contribution < 1.29 is 9.53 Å². The van der Waals surface area contributed by atoms with Crippen LogP contribution in [0.25, 0.3) is 0 Å². The predicted octanol–water partition coefficient (Wildman–Crippen LogP) is 0.507. The fraction of sp³-hybridized carbons (Fsp3) is 0.556. The molecular formula is C9H14N2O3. The quantitative estimate of drug-likeness (QED) is 0.692. The van der Waals surface area contributed by atoms with Crippen LogP contribution < -0.4 is 5.56 Å². The van der Waals surface area contributed by atoms with Crippen LogP contribution in [0.1, 0.15) is 24.6 Å². The second-order valence-corrected chi connectivity index (χ2v) is 2.99. The summed E-state index contributed by atoms with van der Waals surface area (Å²) in [5.41, 5.74) is 1.24. The molecule has 0 unspecified atom stereocenters. The summed E-state index contributed by atoms with van der Waals surface area (Å²) >= 11 is 0. The minimum absolute atomic E-state index is 0.160. The van der Waals surface area contributed by atoms with Crippen LogP contribution in [-0.4, -0.2) is 22.8 Å². The van der Waals surface area contributed by atoms with Gasteiger partial charge in [0.1, 0.15) is 0 Å². The van der Waals surface area contributed by atoms with Crippen molar-refractivity contribution in [2.24, 2.45) is 0 Å². The van der Waals surface area contributed by atoms with Gasteiger partial charge in [0.05, 0.1) is 6.61 Å². The Morgan fingerprint density at radius 1 is 1.43 bits per heavy atom. The van der Waals surface area contributed by atoms with Gasteiger partial charge in [-0.05, 0) is 20.3 Å². The fourth-order valence-corrected chi connectivity index (χ4v) is 1.23. The van der Waals surface area contributed by atoms with Crippen LogP contribution in [-0.2, 0) is 16.0 Å². The van der Waals surface area contributed by atoms with Crippen LogP contribution in [0.5, 0.6) is 0 Å². The molecule has 0 aliphatic heterocycles. The van der Waals surface area contributed by atoms with E-state index in [1.165, 1.54) is 0 Å². The maximum Gasteiger partial charge on any atom is 0.306 e. The van der Waals surface area contributed by atoms with Gasteiger partial charge in [-0.2, -0.15) is 0 Å². The lowest BCUT2D eigenvalue weighted by Crippen LogP contribution is -2.11. The van der Waals surface area contributed by atoms with Crippen LogP contribution in [0.15, 0.2) is 4.79 Å². The van der Waals surface area contributed by atoms with E-state index < -0.39 is 0 Å². The van der Waals surface area contributed by atoms with Gasteiger partial charge in [-0.15, -0.1) is 0 Å². The molecule has 0 saturated carbocycles. The number of carbonyl (C=O) groups is 1. The maximum absolute atomic E-state index is 11.2. The van der Waals surface area contributed by atoms with Crippen LogP contribution >= 0.6 is 0 Å². The van der Waals surface area contributed by atoms with Gasteiger partial charge in [0, 0.05) is 17.7 Å². The molecule has 0 radical (unpaired) electrons. The summed E-state index contributed by atoms with van der Waals surface area (Å²) in [6.45, 7) is 3.92. The van der Waals surface area contributed by atoms with Crippen LogP contribution in [0.4, 0.5) is 0 Å². The molecule has 5 heteroatoms. The Bertz CT molecular complexity index is 364. The Morgan fingerprint density at radius 3 is 2.64 bits per heavy atom. The normalized spacial score (nSPS) is 10.1. The molecule has 0 aliphatic carbocycles. The zero-order valence-corrected chi connectivity index (χ0v) is 8.35. The molecule has 0 aliphatic rings. The number of aromatic amines is 2. The van der Waals surface area contributed by atoms with Crippen molar-refractivity contribution >= 4 is 5.97 Å². The minimum atomic E-state index is -0.271. The summed E-state index contributed by atoms with van der Waals surface area (Å²) in [5.74, 6) is -0.271. The van der Waals surface area contributed by atoms with Crippen molar-refractivity contribution in [1.29, 1.82) is 0 Å². The molecule has 2 N–H and O–H groups in total. The summed E-state index contributed by atoms with van der Waals surface area (Å²) in [5, 5.41) is 5.16. The van der Waals surface area contributed by atoms with Gasteiger partial charge in [0.15, 0.2) is 0 Å². The smallest absolute Gasteiger partial charge is 0.306 e. The summed E-state index contributed by atoms with van der Waals surface area (Å²) in [4.78, 5) is 22.2. The molecule has 1 rings (SSSR count). The number of nitrogens with one attached hydrogen (secondary N) is 2. The van der Waals surface area contributed by atoms with Crippen molar-refractivity contribution in [2.75, 3.05) is 6.61 Å². The van der Waals surface area contributed by atoms with Crippen LogP contribution in [0.2, 0.25) is 0 Å². The number of esters is 1. The second kappa shape index (κ2) is 4.64. The summed E-state index contributed by atoms with van der Waals surface area (Å²) in [6.07, 6.45) is 0.666. The van der Waals surface area contributed by atoms with E-state index in [9.17, 15) is 9.59 Å². The number of carbonyl (C=O) groups excluding carboxylic acids is 1. The van der Waals surface area contributed by atoms with E-state index in [1.807, 2.05) is 0 Å². The third-order valence-electron chi connectivity index (χ3n) is 1.97. The van der Waals surface area contributed by atoms with Crippen LogP contribution in [0, 0.1) is 6.92 Å². The SMILES string of the molecule is CCOC(=O)CCc1c(C)[nH][nH]c1=O. The molecule has 0 saturated heterocycles. The first kappa shape index (κ1) is 10.6. The van der Waals surface area contributed by atoms with E-state index in [4.69, 9.17) is 4.74 Å². The number of hydrogen-bond donors (Lipinski definition) is 2. The highest BCUT2D eigenvalue weighted by Crippen LogP contribution is 2.01. The van der Waals surface area contributed by atoms with Gasteiger partial charge in [0.25, 0.3) is 5.56 Å². The van der Waals surface area contributed by atoms with Crippen molar-refractivity contribution in [3.05, 3.63) is 21.6 Å². The number of hydrogen-bond acceptors (Lipinski definition) is 3. The van der Waals surface area contributed by atoms with E-state index in [0.717, 1.165) is 5.69 Å². The first-order valence-electron chi connectivity index (χ1n) is 4.57. The van der Waals surface area contributed by atoms with Gasteiger partial charge in [-0.3, -0.25) is 14.7 Å². The Labute approximate surface area is 81.5 Å². The molecule has 1 aromatic rings. The summed E-state index contributed by atoms with van der Waals surface area (Å²) in [6, 6.07) is 0. The molecule has 0 bridgehead atoms. The standard InChI is InChI=1S/C9H14N2O3/c1-3-14-8(12)5-4-7-6(2)10-11-9(7)13/h3-5H2,1-2H3,(H2,10,11,13). The van der Waals surface area contributed by atoms with E-state index in [0.29, 0.717) is 18.6 Å². The number of rotatable bonds is 4. The molecule has 0 amide bonds. The number of H-pyrrole nitrogens is 2. The van der Waals surface area contributed by atoms with E-state index in [-0.39, 0.29) is 17.9 Å². The van der Waals surface area contributed by atoms with Gasteiger partial charge in [-0.1, -0.05) is 0 Å². The third kappa shape index (κ3) is 2.48. The Hall–Kier alpha value is -1.52. The maximum atomic E-state index is 11.2. The van der Waals surface area contributed by atoms with E-state index in [1.54, 1.807) is 13.8 Å². The summed E-state index contributed by atoms with van der Waals surface area (Å²) < 4.78 is 4.76. The topological polar surface area (TPSA) is 75.0 Å². The Kier molecular flexibility index (Phi) is 3.50. The Balaban J connectivity index is 2.53. The van der Waals surface area contributed by atoms with Crippen molar-refractivity contribution in [3.8, 4) is 0 Å². The van der Waals surface area contributed by atoms with Crippen molar-refractivity contribution in [3.63, 3.8) is 0 Å². The number of aromatic nitrogens is 2. The molecule has 14 heavy (non-hydrogen) atoms. The third-order valence-corrected chi connectivity index (χ3v) is 1.97. The van der Waals surface area contributed by atoms with Crippen molar-refractivity contribution in [1.82, 2.24) is 10.2 Å². The average molecular weight is 198 g/mol. The second-order valence-electron chi connectivity index (χ2n) is 2.99. The zero-order valence-electron chi connectivity index (χ0n) is 8.35. The lowest BCUT2D eigenvalue weighted by atomic mass is 10.1. The lowest BCUT2D eigenvalue weighted by Gasteiger charge is -1.99. The van der Waals surface area contributed by atoms with Gasteiger partial charge in [0.2, 0.25) is 0 Å². The number of aryl methyl sites for hydroxylation is 1. The molecule has 0 spiro atoms. The molecule has 0 atom stereocenters. The highest BCUT2D eigenvalue weighted by molar-refractivity contribution is 5.69. The molecule has 0 fully saturated rings. The molecule has 0 aromatic carbocycles. The largest absolute Gasteiger partial charge is 0.466 e. The highest BCUT2D eigenvalue weighted by atomic mass is 16.5. The first-order chi connectivity index (χ1) is 6.65. The molecular weight excluding hydrogens is 184 g/mol. The molecule has 78 valence electrons. The fourth-order valence-electron chi connectivity index (χ4n) is 1.23.